The fraction of sp³-hybridized carbons (Fsp3) is 0. The largest absolute Gasteiger partial charge is 0.272 e. The van der Waals surface area contributed by atoms with Crippen molar-refractivity contribution in [3.8, 4) is 5.69 Å². The maximum atomic E-state index is 12.8. The first-order valence-corrected chi connectivity index (χ1v) is 3.96. The van der Waals surface area contributed by atoms with Crippen LogP contribution in [-0.4, -0.2) is 14.8 Å². The first-order valence-electron chi connectivity index (χ1n) is 3.59. The second-order valence-corrected chi connectivity index (χ2v) is 2.79. The fourth-order valence-corrected chi connectivity index (χ4v) is 1.20. The van der Waals surface area contributed by atoms with E-state index in [9.17, 15) is 4.39 Å². The van der Waals surface area contributed by atoms with Crippen molar-refractivity contribution >= 4 is 11.6 Å². The highest BCUT2D eigenvalue weighted by molar-refractivity contribution is 6.28. The van der Waals surface area contributed by atoms with Crippen LogP contribution < -0.4 is 0 Å². The quantitative estimate of drug-likeness (QED) is 0.701. The number of hydrogen-bond donors (Lipinski definition) is 0. The maximum Gasteiger partial charge on any atom is 0.229 e. The van der Waals surface area contributed by atoms with Crippen LogP contribution in [0, 0.1) is 5.82 Å². The minimum atomic E-state index is -0.317. The molecule has 0 saturated carbocycles. The van der Waals surface area contributed by atoms with E-state index < -0.39 is 0 Å². The van der Waals surface area contributed by atoms with E-state index in [1.807, 2.05) is 0 Å². The molecule has 0 N–H and O–H groups in total. The molecule has 1 aromatic carbocycles. The molecule has 0 aliphatic heterocycles. The molecule has 0 aliphatic carbocycles. The molecule has 0 atom stereocenters. The van der Waals surface area contributed by atoms with Gasteiger partial charge in [-0.2, -0.15) is 0 Å². The van der Waals surface area contributed by atoms with Crippen molar-refractivity contribution in [3.63, 3.8) is 0 Å². The van der Waals surface area contributed by atoms with Crippen LogP contribution in [0.3, 0.4) is 0 Å². The van der Waals surface area contributed by atoms with E-state index in [4.69, 9.17) is 11.6 Å². The highest BCUT2D eigenvalue weighted by Crippen LogP contribution is 2.13. The van der Waals surface area contributed by atoms with Gasteiger partial charge in [-0.15, -0.1) is 10.2 Å². The van der Waals surface area contributed by atoms with Crippen LogP contribution >= 0.6 is 11.6 Å². The van der Waals surface area contributed by atoms with E-state index in [0.29, 0.717) is 5.69 Å². The summed E-state index contributed by atoms with van der Waals surface area (Å²) in [5, 5.41) is 7.38. The average molecular weight is 198 g/mol. The summed E-state index contributed by atoms with van der Waals surface area (Å²) in [6.45, 7) is 0. The first-order chi connectivity index (χ1) is 6.27. The molecule has 2 aromatic rings. The predicted molar refractivity (Wildman–Crippen MR) is 46.3 cm³/mol. The van der Waals surface area contributed by atoms with Gasteiger partial charge in [-0.3, -0.25) is 4.57 Å². The summed E-state index contributed by atoms with van der Waals surface area (Å²) >= 11 is 5.69. The zero-order valence-electron chi connectivity index (χ0n) is 6.48. The molecule has 0 radical (unpaired) electrons. The number of aromatic nitrogens is 3. The van der Waals surface area contributed by atoms with Crippen LogP contribution in [0.5, 0.6) is 0 Å². The van der Waals surface area contributed by atoms with Crippen molar-refractivity contribution in [3.05, 3.63) is 41.7 Å². The van der Waals surface area contributed by atoms with E-state index in [1.165, 1.54) is 23.0 Å². The Hall–Kier alpha value is -1.42. The normalized spacial score (nSPS) is 10.3. The van der Waals surface area contributed by atoms with Crippen molar-refractivity contribution in [2.75, 3.05) is 0 Å². The Bertz CT molecular complexity index is 427. The van der Waals surface area contributed by atoms with Gasteiger partial charge < -0.3 is 0 Å². The van der Waals surface area contributed by atoms with Crippen molar-refractivity contribution in [1.29, 1.82) is 0 Å². The second-order valence-electron chi connectivity index (χ2n) is 2.45. The summed E-state index contributed by atoms with van der Waals surface area (Å²) < 4.78 is 14.3. The zero-order valence-corrected chi connectivity index (χ0v) is 7.24. The number of benzene rings is 1. The van der Waals surface area contributed by atoms with Gasteiger partial charge in [0, 0.05) is 0 Å². The molecular formula is C8H5ClFN3. The average Bonchev–Trinajstić information content (AvgIpc) is 2.51. The first kappa shape index (κ1) is 8.19. The lowest BCUT2D eigenvalue weighted by molar-refractivity contribution is 0.626. The smallest absolute Gasteiger partial charge is 0.229 e. The molecule has 0 unspecified atom stereocenters. The maximum absolute atomic E-state index is 12.8. The minimum Gasteiger partial charge on any atom is -0.272 e. The molecule has 0 spiro atoms. The lowest BCUT2D eigenvalue weighted by atomic mass is 10.3. The molecule has 0 bridgehead atoms. The molecule has 0 fully saturated rings. The summed E-state index contributed by atoms with van der Waals surface area (Å²) in [7, 11) is 0. The van der Waals surface area contributed by atoms with Crippen molar-refractivity contribution in [2.24, 2.45) is 0 Å². The topological polar surface area (TPSA) is 30.7 Å². The second kappa shape index (κ2) is 3.14. The Kier molecular flexibility index (Phi) is 1.98. The molecule has 0 amide bonds. The highest BCUT2D eigenvalue weighted by atomic mass is 35.5. The lowest BCUT2D eigenvalue weighted by Crippen LogP contribution is -1.92. The van der Waals surface area contributed by atoms with E-state index in [2.05, 4.69) is 10.2 Å². The van der Waals surface area contributed by atoms with Crippen molar-refractivity contribution in [1.82, 2.24) is 14.8 Å². The molecular weight excluding hydrogens is 193 g/mol. The predicted octanol–water partition coefficient (Wildman–Crippen LogP) is 2.06. The van der Waals surface area contributed by atoms with Gasteiger partial charge in [0.2, 0.25) is 5.28 Å². The summed E-state index contributed by atoms with van der Waals surface area (Å²) in [6.07, 6.45) is 1.43. The summed E-state index contributed by atoms with van der Waals surface area (Å²) in [4.78, 5) is 0. The third-order valence-corrected chi connectivity index (χ3v) is 1.85. The van der Waals surface area contributed by atoms with E-state index in [0.717, 1.165) is 0 Å². The molecule has 13 heavy (non-hydrogen) atoms. The molecule has 2 rings (SSSR count). The van der Waals surface area contributed by atoms with Crippen molar-refractivity contribution in [2.45, 2.75) is 0 Å². The van der Waals surface area contributed by atoms with Gasteiger partial charge in [0.1, 0.15) is 12.1 Å². The van der Waals surface area contributed by atoms with Gasteiger partial charge in [-0.25, -0.2) is 4.39 Å². The van der Waals surface area contributed by atoms with E-state index in [1.54, 1.807) is 12.1 Å². The Labute approximate surface area is 78.8 Å². The number of halogens is 2. The monoisotopic (exact) mass is 197 g/mol. The Morgan fingerprint density at radius 1 is 1.38 bits per heavy atom. The van der Waals surface area contributed by atoms with Crippen LogP contribution in [0.15, 0.2) is 30.6 Å². The molecule has 0 saturated heterocycles. The van der Waals surface area contributed by atoms with Crippen LogP contribution in [0.1, 0.15) is 0 Å². The summed E-state index contributed by atoms with van der Waals surface area (Å²) in [5.41, 5.74) is 0.606. The number of rotatable bonds is 1. The van der Waals surface area contributed by atoms with E-state index >= 15 is 0 Å². The number of nitrogens with zero attached hydrogens (tertiary/aromatic N) is 3. The highest BCUT2D eigenvalue weighted by Gasteiger charge is 2.02. The van der Waals surface area contributed by atoms with Gasteiger partial charge in [0.25, 0.3) is 0 Å². The zero-order chi connectivity index (χ0) is 9.26. The standard InChI is InChI=1S/C8H5ClFN3/c9-8-12-11-5-13(8)7-3-1-2-6(10)4-7/h1-5H. The molecule has 1 heterocycles. The lowest BCUT2D eigenvalue weighted by Gasteiger charge is -2.01. The van der Waals surface area contributed by atoms with Gasteiger partial charge in [0.05, 0.1) is 5.69 Å². The van der Waals surface area contributed by atoms with Gasteiger partial charge in [-0.05, 0) is 29.8 Å². The SMILES string of the molecule is Fc1cccc(-n2cnnc2Cl)c1. The molecule has 3 nitrogen and oxygen atoms in total. The number of hydrogen-bond acceptors (Lipinski definition) is 2. The molecule has 0 aliphatic rings. The third kappa shape index (κ3) is 1.53. The summed E-state index contributed by atoms with van der Waals surface area (Å²) in [6, 6.07) is 6.04. The van der Waals surface area contributed by atoms with E-state index in [-0.39, 0.29) is 11.1 Å². The molecule has 5 heteroatoms. The molecule has 66 valence electrons. The molecule has 1 aromatic heterocycles. The van der Waals surface area contributed by atoms with Crippen LogP contribution in [0.25, 0.3) is 5.69 Å². The Morgan fingerprint density at radius 3 is 2.85 bits per heavy atom. The van der Waals surface area contributed by atoms with Gasteiger partial charge >= 0.3 is 0 Å². The van der Waals surface area contributed by atoms with Gasteiger partial charge in [-0.1, -0.05) is 6.07 Å². The van der Waals surface area contributed by atoms with Crippen LogP contribution in [0.2, 0.25) is 5.28 Å². The van der Waals surface area contributed by atoms with Crippen LogP contribution in [-0.2, 0) is 0 Å². The fourth-order valence-electron chi connectivity index (χ4n) is 1.02. The Balaban J connectivity index is 2.53. The summed E-state index contributed by atoms with van der Waals surface area (Å²) in [5.74, 6) is -0.317. The van der Waals surface area contributed by atoms with Crippen molar-refractivity contribution < 1.29 is 4.39 Å². The van der Waals surface area contributed by atoms with Crippen LogP contribution in [0.4, 0.5) is 4.39 Å². The van der Waals surface area contributed by atoms with Gasteiger partial charge in [0.15, 0.2) is 0 Å². The Morgan fingerprint density at radius 2 is 2.23 bits per heavy atom. The minimum absolute atomic E-state index is 0.214. The third-order valence-electron chi connectivity index (χ3n) is 1.59.